The van der Waals surface area contributed by atoms with E-state index in [0.29, 0.717) is 11.4 Å². The molecule has 1 aromatic carbocycles. The number of aromatic nitrogens is 2. The monoisotopic (exact) mass is 314 g/mol. The maximum absolute atomic E-state index is 12.6. The molecule has 0 fully saturated rings. The van der Waals surface area contributed by atoms with Crippen LogP contribution in [0.15, 0.2) is 30.3 Å². The van der Waals surface area contributed by atoms with Gasteiger partial charge in [0, 0.05) is 11.0 Å². The molecule has 0 atom stereocenters. The Balaban J connectivity index is 2.45. The summed E-state index contributed by atoms with van der Waals surface area (Å²) in [4.78, 5) is 8.47. The highest BCUT2D eigenvalue weighted by atomic mass is 35.5. The lowest BCUT2D eigenvalue weighted by Gasteiger charge is -2.18. The van der Waals surface area contributed by atoms with E-state index in [-0.39, 0.29) is 10.6 Å². The summed E-state index contributed by atoms with van der Waals surface area (Å²) < 4.78 is 37.7. The van der Waals surface area contributed by atoms with Crippen molar-refractivity contribution < 1.29 is 13.2 Å². The lowest BCUT2D eigenvalue weighted by atomic mass is 9.92. The van der Waals surface area contributed by atoms with Gasteiger partial charge in [-0.1, -0.05) is 44.5 Å². The number of hydrogen-bond donors (Lipinski definition) is 0. The Morgan fingerprint density at radius 1 is 0.952 bits per heavy atom. The van der Waals surface area contributed by atoms with Crippen LogP contribution in [0.4, 0.5) is 13.2 Å². The molecule has 0 aliphatic carbocycles. The van der Waals surface area contributed by atoms with Crippen LogP contribution < -0.4 is 0 Å². The molecule has 0 aliphatic heterocycles. The average molecular weight is 315 g/mol. The molecule has 2 nitrogen and oxygen atoms in total. The quantitative estimate of drug-likeness (QED) is 0.683. The molecule has 0 radical (unpaired) electrons. The second-order valence-electron chi connectivity index (χ2n) is 5.72. The second kappa shape index (κ2) is 5.30. The molecule has 2 aromatic rings. The van der Waals surface area contributed by atoms with Gasteiger partial charge in [0.15, 0.2) is 5.82 Å². The summed E-state index contributed by atoms with van der Waals surface area (Å²) >= 11 is 5.98. The minimum absolute atomic E-state index is 0.229. The summed E-state index contributed by atoms with van der Waals surface area (Å²) in [5, 5.41) is 0.268. The van der Waals surface area contributed by atoms with E-state index in [0.717, 1.165) is 17.8 Å². The number of hydrogen-bond acceptors (Lipinski definition) is 2. The molecule has 2 rings (SSSR count). The number of halogens is 4. The van der Waals surface area contributed by atoms with Crippen molar-refractivity contribution in [1.82, 2.24) is 9.97 Å². The fourth-order valence-electron chi connectivity index (χ4n) is 1.74. The highest BCUT2D eigenvalue weighted by Gasteiger charge is 2.30. The lowest BCUT2D eigenvalue weighted by Crippen LogP contribution is -2.14. The average Bonchev–Trinajstić information content (AvgIpc) is 2.36. The van der Waals surface area contributed by atoms with E-state index >= 15 is 0 Å². The Kier molecular flexibility index (Phi) is 3.97. The summed E-state index contributed by atoms with van der Waals surface area (Å²) in [5.74, 6) is 0.321. The van der Waals surface area contributed by atoms with Crippen molar-refractivity contribution in [1.29, 1.82) is 0 Å². The second-order valence-corrected chi connectivity index (χ2v) is 6.11. The molecule has 0 aliphatic rings. The van der Waals surface area contributed by atoms with Crippen molar-refractivity contribution in [3.8, 4) is 11.4 Å². The molecule has 0 spiro atoms. The minimum atomic E-state index is -4.36. The van der Waals surface area contributed by atoms with Crippen LogP contribution in [-0.4, -0.2) is 9.97 Å². The van der Waals surface area contributed by atoms with Gasteiger partial charge in [-0.25, -0.2) is 9.97 Å². The van der Waals surface area contributed by atoms with Gasteiger partial charge in [0.1, 0.15) is 5.15 Å². The Labute approximate surface area is 126 Å². The summed E-state index contributed by atoms with van der Waals surface area (Å²) in [6.07, 6.45) is -4.36. The number of rotatable bonds is 1. The van der Waals surface area contributed by atoms with E-state index in [2.05, 4.69) is 9.97 Å². The molecule has 0 saturated carbocycles. The Morgan fingerprint density at radius 2 is 1.52 bits per heavy atom. The zero-order valence-corrected chi connectivity index (χ0v) is 12.5. The molecular formula is C15H14ClF3N2. The number of benzene rings is 1. The van der Waals surface area contributed by atoms with Crippen LogP contribution in [0, 0.1) is 0 Å². The zero-order chi connectivity index (χ0) is 15.8. The molecule has 0 amide bonds. The highest BCUT2D eigenvalue weighted by molar-refractivity contribution is 6.29. The third-order valence-corrected chi connectivity index (χ3v) is 3.13. The van der Waals surface area contributed by atoms with Gasteiger partial charge in [-0.05, 0) is 18.2 Å². The third-order valence-electron chi connectivity index (χ3n) is 2.93. The molecule has 0 unspecified atom stereocenters. The van der Waals surface area contributed by atoms with E-state index in [1.165, 1.54) is 12.1 Å². The van der Waals surface area contributed by atoms with Crippen LogP contribution in [-0.2, 0) is 11.6 Å². The van der Waals surface area contributed by atoms with Gasteiger partial charge < -0.3 is 0 Å². The van der Waals surface area contributed by atoms with E-state index in [1.54, 1.807) is 6.07 Å². The normalized spacial score (nSPS) is 12.5. The first kappa shape index (κ1) is 15.8. The van der Waals surface area contributed by atoms with Crippen LogP contribution >= 0.6 is 11.6 Å². The van der Waals surface area contributed by atoms with Crippen molar-refractivity contribution >= 4 is 11.6 Å². The molecule has 112 valence electrons. The van der Waals surface area contributed by atoms with Crippen molar-refractivity contribution in [2.75, 3.05) is 0 Å². The van der Waals surface area contributed by atoms with E-state index in [4.69, 9.17) is 11.6 Å². The third kappa shape index (κ3) is 3.73. The van der Waals surface area contributed by atoms with Gasteiger partial charge in [0.2, 0.25) is 0 Å². The molecular weight excluding hydrogens is 301 g/mol. The molecule has 6 heteroatoms. The maximum Gasteiger partial charge on any atom is 0.416 e. The van der Waals surface area contributed by atoms with Gasteiger partial charge >= 0.3 is 6.18 Å². The summed E-state index contributed by atoms with van der Waals surface area (Å²) in [6, 6.07) is 6.38. The van der Waals surface area contributed by atoms with Gasteiger partial charge in [-0.3, -0.25) is 0 Å². The molecule has 1 aromatic heterocycles. The summed E-state index contributed by atoms with van der Waals surface area (Å²) in [7, 11) is 0. The highest BCUT2D eigenvalue weighted by Crippen LogP contribution is 2.31. The van der Waals surface area contributed by atoms with Crippen molar-refractivity contribution in [3.05, 3.63) is 46.7 Å². The van der Waals surface area contributed by atoms with Crippen LogP contribution in [0.2, 0.25) is 5.15 Å². The fraction of sp³-hybridized carbons (Fsp3) is 0.333. The van der Waals surface area contributed by atoms with Crippen LogP contribution in [0.25, 0.3) is 11.4 Å². The fourth-order valence-corrected chi connectivity index (χ4v) is 1.92. The van der Waals surface area contributed by atoms with E-state index < -0.39 is 11.7 Å². The van der Waals surface area contributed by atoms with Gasteiger partial charge in [-0.2, -0.15) is 13.2 Å². The predicted octanol–water partition coefficient (Wildman–Crippen LogP) is 5.11. The molecule has 1 heterocycles. The van der Waals surface area contributed by atoms with E-state index in [9.17, 15) is 13.2 Å². The van der Waals surface area contributed by atoms with Crippen LogP contribution in [0.5, 0.6) is 0 Å². The standard InChI is InChI=1S/C15H14ClF3N2/c1-14(2,3)11-8-12(16)21-13(20-11)9-4-6-10(7-5-9)15(17,18)19/h4-8H,1-3H3. The van der Waals surface area contributed by atoms with Crippen LogP contribution in [0.3, 0.4) is 0 Å². The molecule has 21 heavy (non-hydrogen) atoms. The predicted molar refractivity (Wildman–Crippen MR) is 76.2 cm³/mol. The molecule has 0 saturated heterocycles. The Bertz CT molecular complexity index is 643. The van der Waals surface area contributed by atoms with Crippen molar-refractivity contribution in [2.45, 2.75) is 32.4 Å². The lowest BCUT2D eigenvalue weighted by molar-refractivity contribution is -0.137. The zero-order valence-electron chi connectivity index (χ0n) is 11.8. The van der Waals surface area contributed by atoms with Gasteiger partial charge in [0.25, 0.3) is 0 Å². The maximum atomic E-state index is 12.6. The SMILES string of the molecule is CC(C)(C)c1cc(Cl)nc(-c2ccc(C(F)(F)F)cc2)n1. The largest absolute Gasteiger partial charge is 0.416 e. The van der Waals surface area contributed by atoms with Gasteiger partial charge in [0.05, 0.1) is 11.3 Å². The first-order valence-corrected chi connectivity index (χ1v) is 6.68. The molecule has 0 bridgehead atoms. The molecule has 0 N–H and O–H groups in total. The van der Waals surface area contributed by atoms with Crippen LogP contribution in [0.1, 0.15) is 32.0 Å². The van der Waals surface area contributed by atoms with Crippen molar-refractivity contribution in [2.24, 2.45) is 0 Å². The summed E-state index contributed by atoms with van der Waals surface area (Å²) in [6.45, 7) is 5.92. The number of nitrogens with zero attached hydrogens (tertiary/aromatic N) is 2. The minimum Gasteiger partial charge on any atom is -0.232 e. The van der Waals surface area contributed by atoms with E-state index in [1.807, 2.05) is 20.8 Å². The Morgan fingerprint density at radius 3 is 2.00 bits per heavy atom. The van der Waals surface area contributed by atoms with Crippen molar-refractivity contribution in [3.63, 3.8) is 0 Å². The van der Waals surface area contributed by atoms with Gasteiger partial charge in [-0.15, -0.1) is 0 Å². The first-order valence-electron chi connectivity index (χ1n) is 6.30. The number of alkyl halides is 3. The Hall–Kier alpha value is -1.62. The smallest absolute Gasteiger partial charge is 0.232 e. The topological polar surface area (TPSA) is 25.8 Å². The first-order chi connectivity index (χ1) is 9.57. The summed E-state index contributed by atoms with van der Waals surface area (Å²) in [5.41, 5.74) is 0.297.